The zero-order valence-corrected chi connectivity index (χ0v) is 12.6. The summed E-state index contributed by atoms with van der Waals surface area (Å²) in [6.45, 7) is 2.24. The van der Waals surface area contributed by atoms with Gasteiger partial charge in [0.25, 0.3) is 0 Å². The molecule has 0 unspecified atom stereocenters. The fraction of sp³-hybridized carbons (Fsp3) is 0.400. The standard InChI is InChI=1S/C15H18N2O2S/c1-18-11-5-6-12(14(9-11)19-2)13-10-20-15(16-13)17-7-3-4-8-17/h5-6,9-10H,3-4,7-8H2,1-2H3. The molecule has 1 aliphatic rings. The van der Waals surface area contributed by atoms with Crippen LogP contribution in [0.1, 0.15) is 12.8 Å². The van der Waals surface area contributed by atoms with Gasteiger partial charge in [0.05, 0.1) is 19.9 Å². The summed E-state index contributed by atoms with van der Waals surface area (Å²) >= 11 is 1.70. The van der Waals surface area contributed by atoms with Gasteiger partial charge >= 0.3 is 0 Å². The first-order valence-electron chi connectivity index (χ1n) is 6.74. The Bertz CT molecular complexity index is 591. The number of benzene rings is 1. The highest BCUT2D eigenvalue weighted by molar-refractivity contribution is 7.14. The minimum Gasteiger partial charge on any atom is -0.497 e. The van der Waals surface area contributed by atoms with Gasteiger partial charge in [0.1, 0.15) is 11.5 Å². The van der Waals surface area contributed by atoms with Crippen molar-refractivity contribution in [3.05, 3.63) is 23.6 Å². The summed E-state index contributed by atoms with van der Waals surface area (Å²) < 4.78 is 10.7. The largest absolute Gasteiger partial charge is 0.497 e. The number of hydrogen-bond acceptors (Lipinski definition) is 5. The summed E-state index contributed by atoms with van der Waals surface area (Å²) in [4.78, 5) is 7.10. The predicted octanol–water partition coefficient (Wildman–Crippen LogP) is 3.43. The number of anilines is 1. The first kappa shape index (κ1) is 13.2. The molecule has 0 atom stereocenters. The third-order valence-electron chi connectivity index (χ3n) is 3.55. The highest BCUT2D eigenvalue weighted by Gasteiger charge is 2.17. The van der Waals surface area contributed by atoms with Crippen LogP contribution < -0.4 is 14.4 Å². The second kappa shape index (κ2) is 5.71. The van der Waals surface area contributed by atoms with Crippen LogP contribution in [-0.2, 0) is 0 Å². The van der Waals surface area contributed by atoms with Crippen LogP contribution in [-0.4, -0.2) is 32.3 Å². The van der Waals surface area contributed by atoms with E-state index in [-0.39, 0.29) is 0 Å². The Balaban J connectivity index is 1.92. The van der Waals surface area contributed by atoms with E-state index < -0.39 is 0 Å². The van der Waals surface area contributed by atoms with Crippen LogP contribution in [0.5, 0.6) is 11.5 Å². The first-order chi connectivity index (χ1) is 9.81. The molecule has 1 aromatic carbocycles. The quantitative estimate of drug-likeness (QED) is 0.864. The molecule has 0 amide bonds. The number of ether oxygens (including phenoxy) is 2. The van der Waals surface area contributed by atoms with Gasteiger partial charge < -0.3 is 14.4 Å². The number of rotatable bonds is 4. The van der Waals surface area contributed by atoms with Gasteiger partial charge in [-0.1, -0.05) is 0 Å². The Morgan fingerprint density at radius 1 is 1.15 bits per heavy atom. The Morgan fingerprint density at radius 2 is 1.95 bits per heavy atom. The highest BCUT2D eigenvalue weighted by Crippen LogP contribution is 2.36. The lowest BCUT2D eigenvalue weighted by molar-refractivity contribution is 0.395. The summed E-state index contributed by atoms with van der Waals surface area (Å²) in [5.74, 6) is 1.59. The van der Waals surface area contributed by atoms with Crippen molar-refractivity contribution < 1.29 is 9.47 Å². The molecular formula is C15H18N2O2S. The first-order valence-corrected chi connectivity index (χ1v) is 7.62. The molecule has 0 radical (unpaired) electrons. The van der Waals surface area contributed by atoms with Crippen molar-refractivity contribution in [3.8, 4) is 22.8 Å². The molecule has 1 aliphatic heterocycles. The number of hydrogen-bond donors (Lipinski definition) is 0. The molecule has 20 heavy (non-hydrogen) atoms. The molecular weight excluding hydrogens is 272 g/mol. The summed E-state index contributed by atoms with van der Waals surface area (Å²) in [6.07, 6.45) is 2.53. The van der Waals surface area contributed by atoms with Crippen LogP contribution in [0.3, 0.4) is 0 Å². The minimum atomic E-state index is 0.792. The van der Waals surface area contributed by atoms with Gasteiger partial charge in [-0.15, -0.1) is 11.3 Å². The van der Waals surface area contributed by atoms with E-state index >= 15 is 0 Å². The van der Waals surface area contributed by atoms with Gasteiger partial charge in [-0.05, 0) is 25.0 Å². The molecule has 0 aliphatic carbocycles. The Hall–Kier alpha value is -1.75. The molecule has 0 spiro atoms. The number of aromatic nitrogens is 1. The molecule has 1 aromatic heterocycles. The van der Waals surface area contributed by atoms with Crippen molar-refractivity contribution in [3.63, 3.8) is 0 Å². The van der Waals surface area contributed by atoms with Crippen molar-refractivity contribution >= 4 is 16.5 Å². The molecule has 106 valence electrons. The van der Waals surface area contributed by atoms with Gasteiger partial charge in [-0.25, -0.2) is 4.98 Å². The van der Waals surface area contributed by atoms with E-state index in [1.54, 1.807) is 25.6 Å². The molecule has 0 saturated carbocycles. The number of nitrogens with zero attached hydrogens (tertiary/aromatic N) is 2. The predicted molar refractivity (Wildman–Crippen MR) is 82.1 cm³/mol. The lowest BCUT2D eigenvalue weighted by atomic mass is 10.1. The smallest absolute Gasteiger partial charge is 0.185 e. The number of methoxy groups -OCH3 is 2. The van der Waals surface area contributed by atoms with Crippen LogP contribution in [0.25, 0.3) is 11.3 Å². The van der Waals surface area contributed by atoms with Crippen LogP contribution in [0.4, 0.5) is 5.13 Å². The Morgan fingerprint density at radius 3 is 2.65 bits per heavy atom. The zero-order valence-electron chi connectivity index (χ0n) is 11.8. The molecule has 0 bridgehead atoms. The van der Waals surface area contributed by atoms with E-state index in [1.807, 2.05) is 18.2 Å². The molecule has 1 saturated heterocycles. The fourth-order valence-electron chi connectivity index (χ4n) is 2.45. The third-order valence-corrected chi connectivity index (χ3v) is 4.45. The zero-order chi connectivity index (χ0) is 13.9. The fourth-order valence-corrected chi connectivity index (χ4v) is 3.33. The average molecular weight is 290 g/mol. The second-order valence-corrected chi connectivity index (χ2v) is 5.61. The van der Waals surface area contributed by atoms with Crippen molar-refractivity contribution in [2.24, 2.45) is 0 Å². The SMILES string of the molecule is COc1ccc(-c2csc(N3CCCC3)n2)c(OC)c1. The molecule has 3 rings (SSSR count). The highest BCUT2D eigenvalue weighted by atomic mass is 32.1. The van der Waals surface area contributed by atoms with Gasteiger partial charge in [-0.2, -0.15) is 0 Å². The van der Waals surface area contributed by atoms with E-state index in [2.05, 4.69) is 10.3 Å². The summed E-state index contributed by atoms with van der Waals surface area (Å²) in [5.41, 5.74) is 1.98. The van der Waals surface area contributed by atoms with Gasteiger partial charge in [-0.3, -0.25) is 0 Å². The third kappa shape index (κ3) is 2.45. The maximum Gasteiger partial charge on any atom is 0.185 e. The van der Waals surface area contributed by atoms with Crippen molar-refractivity contribution in [2.45, 2.75) is 12.8 Å². The van der Waals surface area contributed by atoms with Crippen LogP contribution >= 0.6 is 11.3 Å². The van der Waals surface area contributed by atoms with Crippen molar-refractivity contribution in [1.29, 1.82) is 0 Å². The van der Waals surface area contributed by atoms with Gasteiger partial charge in [0.15, 0.2) is 5.13 Å². The summed E-state index contributed by atoms with van der Waals surface area (Å²) in [6, 6.07) is 5.83. The van der Waals surface area contributed by atoms with E-state index in [0.29, 0.717) is 0 Å². The van der Waals surface area contributed by atoms with E-state index in [1.165, 1.54) is 12.8 Å². The minimum absolute atomic E-state index is 0.792. The molecule has 4 nitrogen and oxygen atoms in total. The molecule has 2 aromatic rings. The molecule has 2 heterocycles. The summed E-state index contributed by atoms with van der Waals surface area (Å²) in [5, 5.41) is 3.20. The molecule has 1 fully saturated rings. The Kier molecular flexibility index (Phi) is 3.78. The maximum absolute atomic E-state index is 5.45. The average Bonchev–Trinajstić information content (AvgIpc) is 3.17. The Labute approximate surface area is 123 Å². The maximum atomic E-state index is 5.45. The molecule has 0 N–H and O–H groups in total. The van der Waals surface area contributed by atoms with Crippen LogP contribution in [0, 0.1) is 0 Å². The van der Waals surface area contributed by atoms with E-state index in [9.17, 15) is 0 Å². The van der Waals surface area contributed by atoms with Crippen molar-refractivity contribution in [2.75, 3.05) is 32.2 Å². The van der Waals surface area contributed by atoms with Gasteiger partial charge in [0.2, 0.25) is 0 Å². The second-order valence-electron chi connectivity index (χ2n) is 4.78. The van der Waals surface area contributed by atoms with Gasteiger partial charge in [0, 0.05) is 30.1 Å². The normalized spacial score (nSPS) is 14.6. The monoisotopic (exact) mass is 290 g/mol. The lowest BCUT2D eigenvalue weighted by Crippen LogP contribution is -2.17. The summed E-state index contributed by atoms with van der Waals surface area (Å²) in [7, 11) is 3.33. The lowest BCUT2D eigenvalue weighted by Gasteiger charge is -2.12. The van der Waals surface area contributed by atoms with Crippen LogP contribution in [0.2, 0.25) is 0 Å². The number of thiazole rings is 1. The van der Waals surface area contributed by atoms with E-state index in [0.717, 1.165) is 41.0 Å². The topological polar surface area (TPSA) is 34.6 Å². The van der Waals surface area contributed by atoms with Crippen LogP contribution in [0.15, 0.2) is 23.6 Å². The van der Waals surface area contributed by atoms with E-state index in [4.69, 9.17) is 14.5 Å². The van der Waals surface area contributed by atoms with Crippen molar-refractivity contribution in [1.82, 2.24) is 4.98 Å². The molecule has 5 heteroatoms.